The first-order valence-electron chi connectivity index (χ1n) is 5.81. The van der Waals surface area contributed by atoms with Crippen molar-refractivity contribution in [3.05, 3.63) is 47.3 Å². The summed E-state index contributed by atoms with van der Waals surface area (Å²) in [5.41, 5.74) is 1.74. The Kier molecular flexibility index (Phi) is 3.08. The molecule has 0 aliphatic carbocycles. The highest BCUT2D eigenvalue weighted by molar-refractivity contribution is 9.10. The van der Waals surface area contributed by atoms with E-state index in [4.69, 9.17) is 0 Å². The molecule has 5 nitrogen and oxygen atoms in total. The minimum atomic E-state index is 0.712. The van der Waals surface area contributed by atoms with Crippen LogP contribution in [0.2, 0.25) is 0 Å². The number of imidazole rings is 1. The quantitative estimate of drug-likeness (QED) is 0.778. The Hall–Kier alpha value is -2.08. The Bertz CT molecular complexity index is 722. The van der Waals surface area contributed by atoms with Gasteiger partial charge < -0.3 is 15.0 Å². The Morgan fingerprint density at radius 3 is 2.89 bits per heavy atom. The number of nitrogens with one attached hydrogen (secondary N) is 2. The van der Waals surface area contributed by atoms with E-state index in [1.165, 1.54) is 0 Å². The maximum absolute atomic E-state index is 4.50. The molecule has 0 fully saturated rings. The van der Waals surface area contributed by atoms with Crippen molar-refractivity contribution >= 4 is 38.9 Å². The maximum Gasteiger partial charge on any atom is 0.180 e. The summed E-state index contributed by atoms with van der Waals surface area (Å²) in [6, 6.07) is 7.90. The Morgan fingerprint density at radius 2 is 2.11 bits per heavy atom. The fourth-order valence-electron chi connectivity index (χ4n) is 1.83. The molecule has 0 amide bonds. The molecular weight excluding hydrogens is 306 g/mol. The Labute approximate surface area is 118 Å². The van der Waals surface area contributed by atoms with E-state index in [1.807, 2.05) is 48.1 Å². The zero-order valence-electron chi connectivity index (χ0n) is 10.3. The van der Waals surface area contributed by atoms with Crippen molar-refractivity contribution in [3.63, 3.8) is 0 Å². The molecule has 2 heterocycles. The van der Waals surface area contributed by atoms with Crippen molar-refractivity contribution < 1.29 is 0 Å². The summed E-state index contributed by atoms with van der Waals surface area (Å²) in [4.78, 5) is 8.82. The van der Waals surface area contributed by atoms with Crippen molar-refractivity contribution in [2.75, 3.05) is 17.7 Å². The molecule has 0 unspecified atom stereocenters. The number of hydrogen-bond acceptors (Lipinski definition) is 4. The van der Waals surface area contributed by atoms with Crippen LogP contribution in [0.15, 0.2) is 47.3 Å². The lowest BCUT2D eigenvalue weighted by atomic mass is 10.3. The fraction of sp³-hybridized carbons (Fsp3) is 0.0769. The molecule has 0 atom stereocenters. The van der Waals surface area contributed by atoms with Crippen molar-refractivity contribution in [2.24, 2.45) is 0 Å². The van der Waals surface area contributed by atoms with Crippen LogP contribution in [-0.2, 0) is 0 Å². The van der Waals surface area contributed by atoms with Crippen molar-refractivity contribution in [1.29, 1.82) is 0 Å². The van der Waals surface area contributed by atoms with Gasteiger partial charge >= 0.3 is 0 Å². The average molecular weight is 318 g/mol. The molecule has 3 aromatic rings. The molecule has 6 heteroatoms. The van der Waals surface area contributed by atoms with Gasteiger partial charge in [0.2, 0.25) is 0 Å². The van der Waals surface area contributed by atoms with Crippen LogP contribution in [0.4, 0.5) is 17.3 Å². The molecule has 1 aromatic carbocycles. The molecule has 3 rings (SSSR count). The Morgan fingerprint density at radius 1 is 1.26 bits per heavy atom. The van der Waals surface area contributed by atoms with Gasteiger partial charge in [0.15, 0.2) is 11.5 Å². The third-order valence-electron chi connectivity index (χ3n) is 2.76. The van der Waals surface area contributed by atoms with Gasteiger partial charge in [-0.2, -0.15) is 0 Å². The first kappa shape index (κ1) is 12.0. The zero-order valence-corrected chi connectivity index (χ0v) is 11.8. The molecule has 0 radical (unpaired) electrons. The number of para-hydroxylation sites is 1. The van der Waals surface area contributed by atoms with Gasteiger partial charge in [0.25, 0.3) is 0 Å². The summed E-state index contributed by atoms with van der Waals surface area (Å²) in [5, 5.41) is 6.33. The smallest absolute Gasteiger partial charge is 0.180 e. The number of aromatic nitrogens is 3. The molecule has 0 aliphatic rings. The van der Waals surface area contributed by atoms with Crippen LogP contribution >= 0.6 is 15.9 Å². The van der Waals surface area contributed by atoms with Gasteiger partial charge in [-0.15, -0.1) is 0 Å². The zero-order chi connectivity index (χ0) is 13.2. The van der Waals surface area contributed by atoms with E-state index in [-0.39, 0.29) is 0 Å². The van der Waals surface area contributed by atoms with Crippen molar-refractivity contribution in [1.82, 2.24) is 14.4 Å². The van der Waals surface area contributed by atoms with Crippen LogP contribution in [0.1, 0.15) is 0 Å². The molecular formula is C13H12BrN5. The lowest BCUT2D eigenvalue weighted by molar-refractivity contribution is 1.12. The van der Waals surface area contributed by atoms with Crippen LogP contribution < -0.4 is 10.6 Å². The van der Waals surface area contributed by atoms with Gasteiger partial charge in [-0.25, -0.2) is 9.97 Å². The highest BCUT2D eigenvalue weighted by atomic mass is 79.9. The average Bonchev–Trinajstić information content (AvgIpc) is 2.89. The maximum atomic E-state index is 4.50. The third-order valence-corrected chi connectivity index (χ3v) is 3.45. The summed E-state index contributed by atoms with van der Waals surface area (Å²) in [7, 11) is 1.84. The molecule has 0 aliphatic heterocycles. The first-order valence-corrected chi connectivity index (χ1v) is 6.60. The van der Waals surface area contributed by atoms with E-state index >= 15 is 0 Å². The highest BCUT2D eigenvalue weighted by Gasteiger charge is 2.08. The third kappa shape index (κ3) is 2.26. The molecule has 19 heavy (non-hydrogen) atoms. The van der Waals surface area contributed by atoms with E-state index in [0.717, 1.165) is 21.6 Å². The minimum Gasteiger partial charge on any atom is -0.372 e. The number of fused-ring (bicyclic) bond motifs is 1. The number of benzene rings is 1. The van der Waals surface area contributed by atoms with Gasteiger partial charge in [-0.1, -0.05) is 12.1 Å². The van der Waals surface area contributed by atoms with Gasteiger partial charge in [0.1, 0.15) is 5.82 Å². The fourth-order valence-corrected chi connectivity index (χ4v) is 2.21. The van der Waals surface area contributed by atoms with Gasteiger partial charge in [0, 0.05) is 23.9 Å². The number of nitrogens with zero attached hydrogens (tertiary/aromatic N) is 3. The summed E-state index contributed by atoms with van der Waals surface area (Å²) < 4.78 is 2.91. The van der Waals surface area contributed by atoms with Crippen LogP contribution in [-0.4, -0.2) is 21.4 Å². The van der Waals surface area contributed by atoms with Crippen LogP contribution in [0.3, 0.4) is 0 Å². The lowest BCUT2D eigenvalue weighted by Gasteiger charge is -2.10. The predicted molar refractivity (Wildman–Crippen MR) is 80.0 cm³/mol. The minimum absolute atomic E-state index is 0.712. The normalized spacial score (nSPS) is 10.6. The number of hydrogen-bond donors (Lipinski definition) is 2. The molecule has 0 saturated carbocycles. The molecule has 0 bridgehead atoms. The second-order valence-electron chi connectivity index (χ2n) is 3.99. The van der Waals surface area contributed by atoms with Gasteiger partial charge in [-0.3, -0.25) is 0 Å². The highest BCUT2D eigenvalue weighted by Crippen LogP contribution is 2.26. The summed E-state index contributed by atoms with van der Waals surface area (Å²) in [6.45, 7) is 0. The molecule has 96 valence electrons. The van der Waals surface area contributed by atoms with E-state index in [0.29, 0.717) is 5.82 Å². The monoisotopic (exact) mass is 317 g/mol. The van der Waals surface area contributed by atoms with Gasteiger partial charge in [-0.05, 0) is 28.1 Å². The number of rotatable bonds is 3. The topological polar surface area (TPSA) is 54.2 Å². The first-order chi connectivity index (χ1) is 9.28. The molecule has 2 aromatic heterocycles. The molecule has 0 spiro atoms. The van der Waals surface area contributed by atoms with Gasteiger partial charge in [0.05, 0.1) is 11.9 Å². The van der Waals surface area contributed by atoms with Crippen LogP contribution in [0.25, 0.3) is 5.65 Å². The summed E-state index contributed by atoms with van der Waals surface area (Å²) >= 11 is 3.51. The van der Waals surface area contributed by atoms with E-state index in [9.17, 15) is 0 Å². The van der Waals surface area contributed by atoms with E-state index in [1.54, 1.807) is 6.20 Å². The largest absolute Gasteiger partial charge is 0.372 e. The second-order valence-corrected chi connectivity index (χ2v) is 4.84. The summed E-state index contributed by atoms with van der Waals surface area (Å²) in [5.74, 6) is 1.49. The number of anilines is 3. The lowest BCUT2D eigenvalue weighted by Crippen LogP contribution is -2.02. The predicted octanol–water partition coefficient (Wildman–Crippen LogP) is 3.28. The standard InChI is InChI=1S/C13H12BrN5/c1-15-11-8-19-7-6-16-13(19)12(18-11)17-10-5-3-2-4-9(10)14/h2-8,15H,1H3,(H,17,18). The SMILES string of the molecule is CNc1cn2ccnc2c(Nc2ccccc2Br)n1. The summed E-state index contributed by atoms with van der Waals surface area (Å²) in [6.07, 6.45) is 5.54. The van der Waals surface area contributed by atoms with E-state index < -0.39 is 0 Å². The van der Waals surface area contributed by atoms with Crippen molar-refractivity contribution in [3.8, 4) is 0 Å². The van der Waals surface area contributed by atoms with E-state index in [2.05, 4.69) is 36.5 Å². The molecule has 0 saturated heterocycles. The van der Waals surface area contributed by atoms with Crippen LogP contribution in [0, 0.1) is 0 Å². The van der Waals surface area contributed by atoms with Crippen LogP contribution in [0.5, 0.6) is 0 Å². The Balaban J connectivity index is 2.09. The number of halogens is 1. The molecule has 2 N–H and O–H groups in total. The van der Waals surface area contributed by atoms with Crippen molar-refractivity contribution in [2.45, 2.75) is 0 Å². The second kappa shape index (κ2) is 4.89.